The van der Waals surface area contributed by atoms with Gasteiger partial charge in [0.25, 0.3) is 5.91 Å². The van der Waals surface area contributed by atoms with Crippen LogP contribution in [0, 0.1) is 0 Å². The van der Waals surface area contributed by atoms with E-state index in [0.717, 1.165) is 0 Å². The van der Waals surface area contributed by atoms with Crippen LogP contribution in [0.25, 0.3) is 0 Å². The van der Waals surface area contributed by atoms with E-state index in [1.807, 2.05) is 0 Å². The highest BCUT2D eigenvalue weighted by Gasteiger charge is 2.33. The molecule has 0 saturated heterocycles. The summed E-state index contributed by atoms with van der Waals surface area (Å²) in [5.41, 5.74) is -0.471. The molecule has 0 fully saturated rings. The Balaban J connectivity index is 2.08. The average Bonchev–Trinajstić information content (AvgIpc) is 2.74. The van der Waals surface area contributed by atoms with Gasteiger partial charge in [-0.25, -0.2) is 4.79 Å². The molecule has 3 rings (SSSR count). The zero-order valence-corrected chi connectivity index (χ0v) is 17.4. The van der Waals surface area contributed by atoms with E-state index in [0.29, 0.717) is 10.8 Å². The number of carboxylic acid groups (broad SMARTS) is 1. The van der Waals surface area contributed by atoms with Crippen molar-refractivity contribution < 1.29 is 33.7 Å². The topological polar surface area (TPSA) is 102 Å². The molecule has 1 N–H and O–H groups in total. The van der Waals surface area contributed by atoms with Crippen molar-refractivity contribution in [3.05, 3.63) is 47.0 Å². The van der Waals surface area contributed by atoms with Gasteiger partial charge >= 0.3 is 11.9 Å². The average molecular weight is 434 g/mol. The third-order valence-corrected chi connectivity index (χ3v) is 4.17. The Morgan fingerprint density at radius 2 is 1.90 bits per heavy atom. The maximum Gasteiger partial charge on any atom is 0.341 e. The number of esters is 1. The highest BCUT2D eigenvalue weighted by atomic mass is 35.5. The van der Waals surface area contributed by atoms with Gasteiger partial charge in [0.15, 0.2) is 12.4 Å². The smallest absolute Gasteiger partial charge is 0.341 e. The van der Waals surface area contributed by atoms with E-state index < -0.39 is 36.6 Å². The van der Waals surface area contributed by atoms with E-state index in [9.17, 15) is 14.4 Å². The molecule has 0 bridgehead atoms. The number of carboxylic acids is 1. The predicted molar refractivity (Wildman–Crippen MR) is 109 cm³/mol. The predicted octanol–water partition coefficient (Wildman–Crippen LogP) is 3.90. The Morgan fingerprint density at radius 1 is 1.17 bits per heavy atom. The van der Waals surface area contributed by atoms with Gasteiger partial charge in [-0.2, -0.15) is 0 Å². The monoisotopic (exact) mass is 433 g/mol. The summed E-state index contributed by atoms with van der Waals surface area (Å²) in [4.78, 5) is 38.0. The zero-order chi connectivity index (χ0) is 22.1. The van der Waals surface area contributed by atoms with Crippen LogP contribution >= 0.6 is 11.6 Å². The number of rotatable bonds is 5. The van der Waals surface area contributed by atoms with Crippen LogP contribution in [-0.2, 0) is 14.3 Å². The highest BCUT2D eigenvalue weighted by molar-refractivity contribution is 6.31. The third kappa shape index (κ3) is 4.83. The van der Waals surface area contributed by atoms with Gasteiger partial charge in [-0.3, -0.25) is 14.5 Å². The number of benzene rings is 2. The minimum atomic E-state index is -1.20. The summed E-state index contributed by atoms with van der Waals surface area (Å²) in [6.07, 6.45) is 0. The van der Waals surface area contributed by atoms with E-state index in [4.69, 9.17) is 30.9 Å². The number of carbonyl (C=O) groups excluding carboxylic acids is 2. The molecule has 8 nitrogen and oxygen atoms in total. The molecule has 30 heavy (non-hydrogen) atoms. The minimum Gasteiger partial charge on any atom is -0.481 e. The van der Waals surface area contributed by atoms with Crippen molar-refractivity contribution in [3.8, 4) is 17.2 Å². The first-order chi connectivity index (χ1) is 14.0. The number of fused-ring (bicyclic) bond motifs is 2. The van der Waals surface area contributed by atoms with Crippen molar-refractivity contribution in [2.24, 2.45) is 0 Å². The Morgan fingerprint density at radius 3 is 2.57 bits per heavy atom. The Bertz CT molecular complexity index is 1010. The van der Waals surface area contributed by atoms with E-state index in [1.54, 1.807) is 45.0 Å². The van der Waals surface area contributed by atoms with Crippen LogP contribution in [0.4, 0.5) is 5.69 Å². The zero-order valence-electron chi connectivity index (χ0n) is 16.6. The van der Waals surface area contributed by atoms with E-state index >= 15 is 0 Å². The van der Waals surface area contributed by atoms with Gasteiger partial charge in [-0.05, 0) is 51.1 Å². The lowest BCUT2D eigenvalue weighted by molar-refractivity contribution is -0.152. The van der Waals surface area contributed by atoms with Crippen molar-refractivity contribution in [3.63, 3.8) is 0 Å². The molecule has 1 heterocycles. The molecule has 2 aromatic rings. The largest absolute Gasteiger partial charge is 0.481 e. The number of nitrogens with zero attached hydrogens (tertiary/aromatic N) is 1. The molecule has 1 aliphatic rings. The van der Waals surface area contributed by atoms with E-state index in [2.05, 4.69) is 0 Å². The molecule has 0 aromatic heterocycles. The van der Waals surface area contributed by atoms with Gasteiger partial charge in [0, 0.05) is 5.02 Å². The molecular weight excluding hydrogens is 414 g/mol. The van der Waals surface area contributed by atoms with Gasteiger partial charge in [-0.15, -0.1) is 0 Å². The summed E-state index contributed by atoms with van der Waals surface area (Å²) in [5, 5.41) is 9.26. The molecule has 2 aromatic carbocycles. The number of carbonyl (C=O) groups is 3. The number of aliphatic carboxylic acids is 1. The van der Waals surface area contributed by atoms with Gasteiger partial charge in [0.2, 0.25) is 0 Å². The van der Waals surface area contributed by atoms with Crippen molar-refractivity contribution in [2.75, 3.05) is 18.1 Å². The standard InChI is InChI=1S/C21H20ClNO7/c1-21(2,3)30-18(26)10-23-13-9-12(22)7-8-14(13)29-16-6-4-5-15(19(16)20(23)27)28-11-17(24)25/h4-9H,10-11H2,1-3H3,(H,24,25). The van der Waals surface area contributed by atoms with E-state index in [-0.39, 0.29) is 22.7 Å². The maximum atomic E-state index is 13.4. The summed E-state index contributed by atoms with van der Waals surface area (Å²) >= 11 is 6.11. The lowest BCUT2D eigenvalue weighted by Crippen LogP contribution is -2.38. The lowest BCUT2D eigenvalue weighted by atomic mass is 10.1. The van der Waals surface area contributed by atoms with Gasteiger partial charge in [-0.1, -0.05) is 17.7 Å². The number of anilines is 1. The summed E-state index contributed by atoms with van der Waals surface area (Å²) in [6.45, 7) is 4.11. The molecule has 0 atom stereocenters. The number of hydrogen-bond acceptors (Lipinski definition) is 6. The van der Waals surface area contributed by atoms with E-state index in [1.165, 1.54) is 17.0 Å². The molecule has 158 valence electrons. The first-order valence-corrected chi connectivity index (χ1v) is 9.41. The van der Waals surface area contributed by atoms with Crippen LogP contribution in [0.5, 0.6) is 17.2 Å². The maximum absolute atomic E-state index is 13.4. The van der Waals surface area contributed by atoms with Gasteiger partial charge in [0.05, 0.1) is 5.69 Å². The van der Waals surface area contributed by atoms with Crippen LogP contribution in [0.15, 0.2) is 36.4 Å². The first-order valence-electron chi connectivity index (χ1n) is 9.04. The summed E-state index contributed by atoms with van der Waals surface area (Å²) in [7, 11) is 0. The fraction of sp³-hybridized carbons (Fsp3) is 0.286. The Kier molecular flexibility index (Phi) is 5.89. The molecule has 1 aliphatic heterocycles. The third-order valence-electron chi connectivity index (χ3n) is 3.94. The number of hydrogen-bond donors (Lipinski definition) is 1. The summed E-state index contributed by atoms with van der Waals surface area (Å²) in [5.74, 6) is -1.96. The SMILES string of the molecule is CC(C)(C)OC(=O)CN1C(=O)c2c(OCC(=O)O)cccc2Oc2ccc(Cl)cc21. The second-order valence-corrected chi connectivity index (χ2v) is 7.94. The van der Waals surface area contributed by atoms with Gasteiger partial charge < -0.3 is 19.3 Å². The number of halogens is 1. The number of amides is 1. The van der Waals surface area contributed by atoms with Crippen molar-refractivity contribution in [2.45, 2.75) is 26.4 Å². The van der Waals surface area contributed by atoms with Crippen LogP contribution < -0.4 is 14.4 Å². The van der Waals surface area contributed by atoms with Crippen molar-refractivity contribution in [1.82, 2.24) is 0 Å². The molecule has 0 unspecified atom stereocenters. The van der Waals surface area contributed by atoms with Crippen LogP contribution in [-0.4, -0.2) is 41.7 Å². The molecular formula is C21H20ClNO7. The normalized spacial score (nSPS) is 12.9. The fourth-order valence-corrected chi connectivity index (χ4v) is 3.04. The second-order valence-electron chi connectivity index (χ2n) is 7.50. The van der Waals surface area contributed by atoms with Crippen LogP contribution in [0.1, 0.15) is 31.1 Å². The summed E-state index contributed by atoms with van der Waals surface area (Å²) < 4.78 is 16.5. The van der Waals surface area contributed by atoms with Crippen LogP contribution in [0.3, 0.4) is 0 Å². The lowest BCUT2D eigenvalue weighted by Gasteiger charge is -2.25. The van der Waals surface area contributed by atoms with Gasteiger partial charge in [0.1, 0.15) is 29.2 Å². The molecule has 0 saturated carbocycles. The first kappa shape index (κ1) is 21.4. The number of ether oxygens (including phenoxy) is 3. The quantitative estimate of drug-likeness (QED) is 0.713. The fourth-order valence-electron chi connectivity index (χ4n) is 2.88. The van der Waals surface area contributed by atoms with Crippen molar-refractivity contribution >= 4 is 35.1 Å². The summed E-state index contributed by atoms with van der Waals surface area (Å²) in [6, 6.07) is 9.25. The van der Waals surface area contributed by atoms with Crippen molar-refractivity contribution in [1.29, 1.82) is 0 Å². The van der Waals surface area contributed by atoms with Crippen LogP contribution in [0.2, 0.25) is 5.02 Å². The Hall–Kier alpha value is -3.26. The Labute approximate surface area is 177 Å². The second kappa shape index (κ2) is 8.23. The molecule has 0 radical (unpaired) electrons. The molecule has 9 heteroatoms. The highest BCUT2D eigenvalue weighted by Crippen LogP contribution is 2.43. The molecule has 0 aliphatic carbocycles. The molecule has 0 spiro atoms. The minimum absolute atomic E-state index is 0.00497. The molecule has 1 amide bonds.